The zero-order chi connectivity index (χ0) is 18.3. The number of hydrogen-bond donors (Lipinski definition) is 1. The molecule has 0 spiro atoms. The van der Waals surface area contributed by atoms with Crippen LogP contribution >= 0.6 is 0 Å². The first-order valence-electron chi connectivity index (χ1n) is 7.53. The van der Waals surface area contributed by atoms with Crippen LogP contribution in [0.15, 0.2) is 30.2 Å². The molecule has 0 saturated carbocycles. The number of carbonyl (C=O) groups is 2. The first kappa shape index (κ1) is 20.0. The van der Waals surface area contributed by atoms with E-state index in [1.165, 1.54) is 24.2 Å². The zero-order valence-electron chi connectivity index (χ0n) is 13.9. The van der Waals surface area contributed by atoms with Gasteiger partial charge in [0.2, 0.25) is 0 Å². The van der Waals surface area contributed by atoms with Crippen LogP contribution in [-0.2, 0) is 19.1 Å². The molecule has 0 radical (unpaired) electrons. The Bertz CT molecular complexity index is 523. The topological polar surface area (TPSA) is 88.4 Å². The van der Waals surface area contributed by atoms with E-state index in [4.69, 9.17) is 9.47 Å². The standard InChI is InChI=1S/C16H23FN2O5/c1-5-18-11(4)19(6-2)16-15(14(17)12(9-20)23-16)24-13(22)8-7-10(3)21/h5-6,12,14-16,20H,2,4,7-9H2,1,3H3/b18-5-/t12-,14?,15?,16-/m1/s1. The molecule has 1 aliphatic rings. The second-order valence-corrected chi connectivity index (χ2v) is 5.24. The number of alkyl halides is 1. The van der Waals surface area contributed by atoms with Gasteiger partial charge in [0, 0.05) is 18.8 Å². The summed E-state index contributed by atoms with van der Waals surface area (Å²) in [7, 11) is 0. The fraction of sp³-hybridized carbons (Fsp3) is 0.562. The van der Waals surface area contributed by atoms with Crippen molar-refractivity contribution < 1.29 is 28.6 Å². The predicted octanol–water partition coefficient (Wildman–Crippen LogP) is 1.33. The molecule has 1 N–H and O–H groups in total. The molecule has 2 unspecified atom stereocenters. The largest absolute Gasteiger partial charge is 0.454 e. The van der Waals surface area contributed by atoms with E-state index in [1.807, 2.05) is 0 Å². The van der Waals surface area contributed by atoms with Gasteiger partial charge in [-0.15, -0.1) is 0 Å². The van der Waals surface area contributed by atoms with Gasteiger partial charge < -0.3 is 24.3 Å². The summed E-state index contributed by atoms with van der Waals surface area (Å²) in [5.41, 5.74) is 0. The van der Waals surface area contributed by atoms with Gasteiger partial charge in [-0.3, -0.25) is 4.79 Å². The second kappa shape index (κ2) is 9.29. The van der Waals surface area contributed by atoms with Crippen LogP contribution in [-0.4, -0.2) is 59.2 Å². The molecule has 134 valence electrons. The fourth-order valence-corrected chi connectivity index (χ4v) is 2.25. The van der Waals surface area contributed by atoms with Crippen LogP contribution in [0.2, 0.25) is 0 Å². The summed E-state index contributed by atoms with van der Waals surface area (Å²) in [6.45, 7) is 9.76. The van der Waals surface area contributed by atoms with E-state index in [0.29, 0.717) is 0 Å². The van der Waals surface area contributed by atoms with Crippen LogP contribution in [0.25, 0.3) is 0 Å². The number of aliphatic hydroxyl groups excluding tert-OH is 1. The Hall–Kier alpha value is -2.06. The molecule has 1 saturated heterocycles. The van der Waals surface area contributed by atoms with Gasteiger partial charge in [-0.25, -0.2) is 9.38 Å². The van der Waals surface area contributed by atoms with Crippen LogP contribution in [0.4, 0.5) is 4.39 Å². The molecule has 0 amide bonds. The average Bonchev–Trinajstić information content (AvgIpc) is 2.83. The fourth-order valence-electron chi connectivity index (χ4n) is 2.25. The van der Waals surface area contributed by atoms with E-state index < -0.39 is 37.2 Å². The third kappa shape index (κ3) is 4.97. The number of hydrogen-bond acceptors (Lipinski definition) is 7. The lowest BCUT2D eigenvalue weighted by atomic mass is 10.1. The van der Waals surface area contributed by atoms with E-state index >= 15 is 0 Å². The average molecular weight is 342 g/mol. The Kier molecular flexibility index (Phi) is 7.73. The van der Waals surface area contributed by atoms with Crippen molar-refractivity contribution in [2.75, 3.05) is 6.61 Å². The van der Waals surface area contributed by atoms with Crippen molar-refractivity contribution in [3.05, 3.63) is 25.2 Å². The first-order chi connectivity index (χ1) is 11.3. The minimum Gasteiger partial charge on any atom is -0.454 e. The van der Waals surface area contributed by atoms with E-state index in [9.17, 15) is 19.1 Å². The molecular weight excluding hydrogens is 319 g/mol. The number of aliphatic hydroxyl groups is 1. The van der Waals surface area contributed by atoms with Crippen LogP contribution < -0.4 is 0 Å². The molecule has 0 aromatic carbocycles. The lowest BCUT2D eigenvalue weighted by Gasteiger charge is -2.30. The van der Waals surface area contributed by atoms with Crippen molar-refractivity contribution in [3.63, 3.8) is 0 Å². The third-order valence-corrected chi connectivity index (χ3v) is 3.44. The summed E-state index contributed by atoms with van der Waals surface area (Å²) in [5, 5.41) is 9.23. The maximum Gasteiger partial charge on any atom is 0.306 e. The summed E-state index contributed by atoms with van der Waals surface area (Å²) >= 11 is 0. The summed E-state index contributed by atoms with van der Waals surface area (Å²) < 4.78 is 25.0. The van der Waals surface area contributed by atoms with E-state index in [1.54, 1.807) is 6.92 Å². The van der Waals surface area contributed by atoms with Gasteiger partial charge in [-0.2, -0.15) is 0 Å². The van der Waals surface area contributed by atoms with Crippen molar-refractivity contribution >= 4 is 18.0 Å². The molecule has 8 heteroatoms. The number of aliphatic imine (C=N–C) groups is 1. The molecule has 1 fully saturated rings. The molecule has 0 aliphatic carbocycles. The Labute approximate surface area is 140 Å². The number of nitrogens with zero attached hydrogens (tertiary/aromatic N) is 2. The third-order valence-electron chi connectivity index (χ3n) is 3.44. The molecule has 1 heterocycles. The lowest BCUT2D eigenvalue weighted by molar-refractivity contribution is -0.158. The van der Waals surface area contributed by atoms with Crippen molar-refractivity contribution in [2.45, 2.75) is 51.3 Å². The van der Waals surface area contributed by atoms with Crippen molar-refractivity contribution in [1.82, 2.24) is 4.90 Å². The molecule has 0 aromatic heterocycles. The van der Waals surface area contributed by atoms with Crippen LogP contribution in [0.1, 0.15) is 26.7 Å². The molecule has 1 rings (SSSR count). The summed E-state index contributed by atoms with van der Waals surface area (Å²) in [4.78, 5) is 28.1. The number of carbonyl (C=O) groups excluding carboxylic acids is 2. The Morgan fingerprint density at radius 2 is 2.12 bits per heavy atom. The summed E-state index contributed by atoms with van der Waals surface area (Å²) in [6, 6.07) is 0. The maximum absolute atomic E-state index is 14.4. The minimum absolute atomic E-state index is 0.00939. The molecule has 1 aliphatic heterocycles. The highest BCUT2D eigenvalue weighted by atomic mass is 19.1. The monoisotopic (exact) mass is 342 g/mol. The SMILES string of the molecule is C=CN(C(=C)/N=C\C)[C@@H]1O[C@H](CO)C(F)C1OC(=O)CCC(C)=O. The van der Waals surface area contributed by atoms with Gasteiger partial charge in [0.25, 0.3) is 0 Å². The van der Waals surface area contributed by atoms with Gasteiger partial charge in [0.15, 0.2) is 18.5 Å². The van der Waals surface area contributed by atoms with Gasteiger partial charge in [-0.05, 0) is 13.8 Å². The number of ether oxygens (including phenoxy) is 2. The van der Waals surface area contributed by atoms with Gasteiger partial charge in [0.1, 0.15) is 17.7 Å². The predicted molar refractivity (Wildman–Crippen MR) is 85.8 cm³/mol. The van der Waals surface area contributed by atoms with E-state index in [0.717, 1.165) is 0 Å². The highest BCUT2D eigenvalue weighted by Gasteiger charge is 2.49. The highest BCUT2D eigenvalue weighted by molar-refractivity contribution is 5.81. The quantitative estimate of drug-likeness (QED) is 0.502. The molecular formula is C16H23FN2O5. The number of ketones is 1. The van der Waals surface area contributed by atoms with E-state index in [-0.39, 0.29) is 24.4 Å². The summed E-state index contributed by atoms with van der Waals surface area (Å²) in [5.74, 6) is -0.679. The Balaban J connectivity index is 2.93. The lowest BCUT2D eigenvalue weighted by Crippen LogP contribution is -2.42. The maximum atomic E-state index is 14.4. The summed E-state index contributed by atoms with van der Waals surface area (Å²) in [6.07, 6.45) is -2.59. The molecule has 4 atom stereocenters. The van der Waals surface area contributed by atoms with Crippen LogP contribution in [0.5, 0.6) is 0 Å². The smallest absolute Gasteiger partial charge is 0.306 e. The van der Waals surface area contributed by atoms with Crippen LogP contribution in [0, 0.1) is 0 Å². The Morgan fingerprint density at radius 3 is 2.62 bits per heavy atom. The normalized spacial score (nSPS) is 26.3. The molecule has 7 nitrogen and oxygen atoms in total. The first-order valence-corrected chi connectivity index (χ1v) is 7.53. The van der Waals surface area contributed by atoms with Crippen molar-refractivity contribution in [3.8, 4) is 0 Å². The number of esters is 1. The van der Waals surface area contributed by atoms with E-state index in [2.05, 4.69) is 18.2 Å². The van der Waals surface area contributed by atoms with Gasteiger partial charge in [-0.1, -0.05) is 13.2 Å². The number of Topliss-reactive ketones (excluding diaryl/α,β-unsaturated/α-hetero) is 1. The van der Waals surface area contributed by atoms with Crippen molar-refractivity contribution in [1.29, 1.82) is 0 Å². The van der Waals surface area contributed by atoms with Crippen LogP contribution in [0.3, 0.4) is 0 Å². The zero-order valence-corrected chi connectivity index (χ0v) is 13.9. The number of rotatable bonds is 9. The van der Waals surface area contributed by atoms with Gasteiger partial charge >= 0.3 is 5.97 Å². The second-order valence-electron chi connectivity index (χ2n) is 5.24. The molecule has 0 bridgehead atoms. The highest BCUT2D eigenvalue weighted by Crippen LogP contribution is 2.31. The Morgan fingerprint density at radius 1 is 1.46 bits per heavy atom. The molecule has 24 heavy (non-hydrogen) atoms. The molecule has 0 aromatic rings. The number of halogens is 1. The van der Waals surface area contributed by atoms with Crippen molar-refractivity contribution in [2.24, 2.45) is 4.99 Å². The minimum atomic E-state index is -1.73. The van der Waals surface area contributed by atoms with Gasteiger partial charge in [0.05, 0.1) is 13.0 Å².